The number of carboxylic acid groups (broad SMARTS) is 1. The molecular formula is C13H17FN2O3. The smallest absolute Gasteiger partial charge is 0.337 e. The fourth-order valence-electron chi connectivity index (χ4n) is 1.65. The molecule has 0 aliphatic carbocycles. The molecule has 0 aliphatic heterocycles. The van der Waals surface area contributed by atoms with Crippen LogP contribution in [0.1, 0.15) is 30.6 Å². The van der Waals surface area contributed by atoms with E-state index < -0.39 is 23.7 Å². The van der Waals surface area contributed by atoms with Crippen molar-refractivity contribution >= 4 is 17.6 Å². The van der Waals surface area contributed by atoms with Crippen LogP contribution in [0.2, 0.25) is 0 Å². The third-order valence-corrected chi connectivity index (χ3v) is 2.53. The lowest BCUT2D eigenvalue weighted by molar-refractivity contribution is -0.117. The van der Waals surface area contributed by atoms with Gasteiger partial charge in [0.2, 0.25) is 5.91 Å². The molecule has 1 aromatic carbocycles. The van der Waals surface area contributed by atoms with E-state index in [2.05, 4.69) is 5.32 Å². The highest BCUT2D eigenvalue weighted by atomic mass is 19.1. The molecule has 0 saturated heterocycles. The van der Waals surface area contributed by atoms with Crippen molar-refractivity contribution < 1.29 is 19.1 Å². The summed E-state index contributed by atoms with van der Waals surface area (Å²) in [5, 5.41) is 11.3. The fraction of sp³-hybridized carbons (Fsp3) is 0.385. The molecular weight excluding hydrogens is 251 g/mol. The van der Waals surface area contributed by atoms with E-state index in [9.17, 15) is 14.0 Å². The molecule has 0 radical (unpaired) electrons. The Morgan fingerprint density at radius 2 is 2.05 bits per heavy atom. The van der Waals surface area contributed by atoms with E-state index in [1.54, 1.807) is 0 Å². The molecule has 104 valence electrons. The van der Waals surface area contributed by atoms with E-state index in [4.69, 9.17) is 10.8 Å². The van der Waals surface area contributed by atoms with Crippen LogP contribution in [0.4, 0.5) is 10.1 Å². The zero-order valence-electron chi connectivity index (χ0n) is 10.8. The topological polar surface area (TPSA) is 92.4 Å². The van der Waals surface area contributed by atoms with Gasteiger partial charge in [-0.2, -0.15) is 0 Å². The van der Waals surface area contributed by atoms with Crippen molar-refractivity contribution in [2.45, 2.75) is 26.3 Å². The average molecular weight is 268 g/mol. The SMILES string of the molecule is CC(C)C[C@H](N)C(=O)Nc1cc(F)ccc1C(=O)O. The number of carbonyl (C=O) groups is 2. The third-order valence-electron chi connectivity index (χ3n) is 2.53. The van der Waals surface area contributed by atoms with Crippen molar-refractivity contribution in [3.8, 4) is 0 Å². The lowest BCUT2D eigenvalue weighted by atomic mass is 10.0. The highest BCUT2D eigenvalue weighted by molar-refractivity contribution is 6.02. The Hall–Kier alpha value is -1.95. The Morgan fingerprint density at radius 1 is 1.42 bits per heavy atom. The minimum absolute atomic E-state index is 0.0864. The van der Waals surface area contributed by atoms with Crippen LogP contribution in [0, 0.1) is 11.7 Å². The average Bonchev–Trinajstić information content (AvgIpc) is 2.27. The molecule has 0 aromatic heterocycles. The van der Waals surface area contributed by atoms with Crippen molar-refractivity contribution in [1.29, 1.82) is 0 Å². The zero-order chi connectivity index (χ0) is 14.6. The number of amides is 1. The summed E-state index contributed by atoms with van der Waals surface area (Å²) in [7, 11) is 0. The fourth-order valence-corrected chi connectivity index (χ4v) is 1.65. The van der Waals surface area contributed by atoms with Crippen LogP contribution < -0.4 is 11.1 Å². The number of benzene rings is 1. The lowest BCUT2D eigenvalue weighted by Gasteiger charge is -2.15. The maximum absolute atomic E-state index is 13.1. The van der Waals surface area contributed by atoms with Gasteiger partial charge in [0.05, 0.1) is 17.3 Å². The second-order valence-corrected chi connectivity index (χ2v) is 4.72. The van der Waals surface area contributed by atoms with E-state index in [1.165, 1.54) is 0 Å². The summed E-state index contributed by atoms with van der Waals surface area (Å²) in [6, 6.07) is 2.32. The van der Waals surface area contributed by atoms with Crippen LogP contribution >= 0.6 is 0 Å². The standard InChI is InChI=1S/C13H17FN2O3/c1-7(2)5-10(15)12(17)16-11-6-8(14)3-4-9(11)13(18)19/h3-4,6-7,10H,5,15H2,1-2H3,(H,16,17)(H,18,19)/t10-/m0/s1. The van der Waals surface area contributed by atoms with Crippen molar-refractivity contribution in [3.63, 3.8) is 0 Å². The number of hydrogen-bond acceptors (Lipinski definition) is 3. The molecule has 1 rings (SSSR count). The van der Waals surface area contributed by atoms with Crippen LogP contribution in [0.25, 0.3) is 0 Å². The molecule has 0 heterocycles. The number of aromatic carboxylic acids is 1. The summed E-state index contributed by atoms with van der Waals surface area (Å²) in [5.74, 6) is -2.17. The van der Waals surface area contributed by atoms with E-state index in [-0.39, 0.29) is 17.2 Å². The van der Waals surface area contributed by atoms with Crippen LogP contribution in [-0.4, -0.2) is 23.0 Å². The van der Waals surface area contributed by atoms with E-state index in [1.807, 2.05) is 13.8 Å². The maximum atomic E-state index is 13.1. The monoisotopic (exact) mass is 268 g/mol. The second-order valence-electron chi connectivity index (χ2n) is 4.72. The summed E-state index contributed by atoms with van der Waals surface area (Å²) in [6.07, 6.45) is 0.462. The second kappa shape index (κ2) is 6.29. The molecule has 0 spiro atoms. The number of rotatable bonds is 5. The number of carboxylic acids is 1. The van der Waals surface area contributed by atoms with Crippen molar-refractivity contribution in [3.05, 3.63) is 29.6 Å². The molecule has 0 saturated carbocycles. The van der Waals surface area contributed by atoms with Crippen molar-refractivity contribution in [2.75, 3.05) is 5.32 Å². The lowest BCUT2D eigenvalue weighted by Crippen LogP contribution is -2.37. The van der Waals surface area contributed by atoms with Gasteiger partial charge in [-0.1, -0.05) is 13.8 Å². The summed E-state index contributed by atoms with van der Waals surface area (Å²) in [4.78, 5) is 22.7. The molecule has 1 atom stereocenters. The molecule has 1 aromatic rings. The van der Waals surface area contributed by atoms with Gasteiger partial charge in [-0.25, -0.2) is 9.18 Å². The third kappa shape index (κ3) is 4.33. The van der Waals surface area contributed by atoms with Gasteiger partial charge in [0.25, 0.3) is 0 Å². The van der Waals surface area contributed by atoms with Gasteiger partial charge in [0.1, 0.15) is 5.82 Å². The first-order valence-corrected chi connectivity index (χ1v) is 5.90. The number of nitrogens with one attached hydrogen (secondary N) is 1. The van der Waals surface area contributed by atoms with E-state index >= 15 is 0 Å². The van der Waals surface area contributed by atoms with Gasteiger partial charge in [0, 0.05) is 0 Å². The Bertz CT molecular complexity index is 489. The molecule has 0 unspecified atom stereocenters. The van der Waals surface area contributed by atoms with Crippen LogP contribution in [-0.2, 0) is 4.79 Å². The summed E-state index contributed by atoms with van der Waals surface area (Å²) in [6.45, 7) is 3.83. The van der Waals surface area contributed by atoms with Crippen LogP contribution in [0.3, 0.4) is 0 Å². The Balaban J connectivity index is 2.89. The van der Waals surface area contributed by atoms with Crippen molar-refractivity contribution in [2.24, 2.45) is 11.7 Å². The molecule has 0 aliphatic rings. The summed E-state index contributed by atoms with van der Waals surface area (Å²) in [5.41, 5.74) is 5.42. The van der Waals surface area contributed by atoms with E-state index in [0.29, 0.717) is 6.42 Å². The zero-order valence-corrected chi connectivity index (χ0v) is 10.8. The molecule has 0 bridgehead atoms. The quantitative estimate of drug-likeness (QED) is 0.759. The normalized spacial score (nSPS) is 12.3. The molecule has 4 N–H and O–H groups in total. The number of nitrogens with two attached hydrogens (primary N) is 1. The number of carbonyl (C=O) groups excluding carboxylic acids is 1. The Kier molecular flexibility index (Phi) is 5.00. The summed E-state index contributed by atoms with van der Waals surface area (Å²) < 4.78 is 13.1. The highest BCUT2D eigenvalue weighted by Crippen LogP contribution is 2.18. The van der Waals surface area contributed by atoms with Gasteiger partial charge in [0.15, 0.2) is 0 Å². The van der Waals surface area contributed by atoms with Crippen molar-refractivity contribution in [1.82, 2.24) is 0 Å². The highest BCUT2D eigenvalue weighted by Gasteiger charge is 2.18. The molecule has 6 heteroatoms. The van der Waals surface area contributed by atoms with Gasteiger partial charge in [-0.05, 0) is 30.5 Å². The Morgan fingerprint density at radius 3 is 2.58 bits per heavy atom. The Labute approximate surface area is 110 Å². The predicted molar refractivity (Wildman–Crippen MR) is 69.4 cm³/mol. The number of halogens is 1. The minimum atomic E-state index is -1.24. The largest absolute Gasteiger partial charge is 0.478 e. The van der Waals surface area contributed by atoms with Gasteiger partial charge in [-0.3, -0.25) is 4.79 Å². The molecule has 19 heavy (non-hydrogen) atoms. The van der Waals surface area contributed by atoms with E-state index in [0.717, 1.165) is 18.2 Å². The van der Waals surface area contributed by atoms with Gasteiger partial charge in [-0.15, -0.1) is 0 Å². The number of hydrogen-bond donors (Lipinski definition) is 3. The predicted octanol–water partition coefficient (Wildman–Crippen LogP) is 1.84. The molecule has 1 amide bonds. The molecule has 5 nitrogen and oxygen atoms in total. The summed E-state index contributed by atoms with van der Waals surface area (Å²) >= 11 is 0. The van der Waals surface area contributed by atoms with Crippen LogP contribution in [0.5, 0.6) is 0 Å². The van der Waals surface area contributed by atoms with Crippen LogP contribution in [0.15, 0.2) is 18.2 Å². The minimum Gasteiger partial charge on any atom is -0.478 e. The van der Waals surface area contributed by atoms with Gasteiger partial charge < -0.3 is 16.2 Å². The first-order chi connectivity index (χ1) is 8.81. The first kappa shape index (κ1) is 15.1. The maximum Gasteiger partial charge on any atom is 0.337 e. The van der Waals surface area contributed by atoms with Gasteiger partial charge >= 0.3 is 5.97 Å². The number of anilines is 1. The molecule has 0 fully saturated rings. The first-order valence-electron chi connectivity index (χ1n) is 5.90.